The molecule has 1 unspecified atom stereocenters. The van der Waals surface area contributed by atoms with Gasteiger partial charge >= 0.3 is 0 Å². The molecular formula is C17H25ClIN. The summed E-state index contributed by atoms with van der Waals surface area (Å²) >= 11 is 8.60. The Morgan fingerprint density at radius 3 is 2.50 bits per heavy atom. The molecule has 0 spiro atoms. The maximum atomic E-state index is 6.31. The Hall–Kier alpha value is 0.200. The minimum atomic E-state index is 0.465. The first-order valence-electron chi connectivity index (χ1n) is 7.84. The van der Waals surface area contributed by atoms with E-state index in [4.69, 9.17) is 11.6 Å². The number of benzene rings is 1. The number of hydrogen-bond donors (Lipinski definition) is 1. The standard InChI is InChI=1S/C17H25ClIN/c1-3-12-5-7-13(8-6-12)17(20-4-2)14-9-10-16(19)15(18)11-14/h9-13,17,20H,3-8H2,1-2H3. The van der Waals surface area contributed by atoms with Gasteiger partial charge in [-0.1, -0.05) is 50.8 Å². The Morgan fingerprint density at radius 2 is 1.95 bits per heavy atom. The van der Waals surface area contributed by atoms with Crippen LogP contribution in [-0.4, -0.2) is 6.54 Å². The second kappa shape index (κ2) is 8.00. The summed E-state index contributed by atoms with van der Waals surface area (Å²) in [5.41, 5.74) is 1.36. The van der Waals surface area contributed by atoms with E-state index < -0.39 is 0 Å². The van der Waals surface area contributed by atoms with Crippen LogP contribution < -0.4 is 5.32 Å². The van der Waals surface area contributed by atoms with Gasteiger partial charge in [-0.15, -0.1) is 0 Å². The van der Waals surface area contributed by atoms with Crippen LogP contribution in [0, 0.1) is 15.4 Å². The van der Waals surface area contributed by atoms with Crippen molar-refractivity contribution in [2.24, 2.45) is 11.8 Å². The highest BCUT2D eigenvalue weighted by atomic mass is 127. The van der Waals surface area contributed by atoms with Gasteiger partial charge in [-0.3, -0.25) is 0 Å². The lowest BCUT2D eigenvalue weighted by atomic mass is 9.76. The molecule has 0 saturated heterocycles. The smallest absolute Gasteiger partial charge is 0.0542 e. The molecule has 0 aromatic heterocycles. The van der Waals surface area contributed by atoms with Crippen molar-refractivity contribution in [1.82, 2.24) is 5.32 Å². The lowest BCUT2D eigenvalue weighted by Crippen LogP contribution is -2.31. The average molecular weight is 406 g/mol. The van der Waals surface area contributed by atoms with E-state index in [2.05, 4.69) is 60.0 Å². The van der Waals surface area contributed by atoms with E-state index in [-0.39, 0.29) is 0 Å². The fourth-order valence-corrected chi connectivity index (χ4v) is 3.94. The zero-order valence-corrected chi connectivity index (χ0v) is 15.4. The fourth-order valence-electron chi connectivity index (χ4n) is 3.41. The molecule has 0 heterocycles. The Morgan fingerprint density at radius 1 is 1.25 bits per heavy atom. The molecule has 112 valence electrons. The van der Waals surface area contributed by atoms with Gasteiger partial charge in [-0.2, -0.15) is 0 Å². The molecule has 0 aliphatic heterocycles. The monoisotopic (exact) mass is 405 g/mol. The molecule has 1 aromatic rings. The predicted octanol–water partition coefficient (Wildman–Crippen LogP) is 5.81. The topological polar surface area (TPSA) is 12.0 Å². The number of hydrogen-bond acceptors (Lipinski definition) is 1. The SMILES string of the molecule is CCNC(c1ccc(I)c(Cl)c1)C1CCC(CC)CC1. The van der Waals surface area contributed by atoms with E-state index in [9.17, 15) is 0 Å². The highest BCUT2D eigenvalue weighted by molar-refractivity contribution is 14.1. The van der Waals surface area contributed by atoms with Crippen LogP contribution in [-0.2, 0) is 0 Å². The van der Waals surface area contributed by atoms with Gasteiger partial charge in [0.1, 0.15) is 0 Å². The van der Waals surface area contributed by atoms with Crippen LogP contribution in [0.5, 0.6) is 0 Å². The van der Waals surface area contributed by atoms with Gasteiger partial charge in [0.2, 0.25) is 0 Å². The van der Waals surface area contributed by atoms with Gasteiger partial charge in [0.15, 0.2) is 0 Å². The Labute approximate surface area is 142 Å². The summed E-state index contributed by atoms with van der Waals surface area (Å²) < 4.78 is 1.14. The first-order chi connectivity index (χ1) is 9.65. The summed E-state index contributed by atoms with van der Waals surface area (Å²) in [6.45, 7) is 5.53. The fraction of sp³-hybridized carbons (Fsp3) is 0.647. The van der Waals surface area contributed by atoms with Crippen molar-refractivity contribution in [3.8, 4) is 0 Å². The number of rotatable bonds is 5. The second-order valence-corrected chi connectivity index (χ2v) is 7.47. The van der Waals surface area contributed by atoms with Gasteiger partial charge in [0.25, 0.3) is 0 Å². The van der Waals surface area contributed by atoms with E-state index in [1.165, 1.54) is 37.7 Å². The van der Waals surface area contributed by atoms with Crippen molar-refractivity contribution in [3.63, 3.8) is 0 Å². The number of halogens is 2. The van der Waals surface area contributed by atoms with Crippen LogP contribution in [0.4, 0.5) is 0 Å². The van der Waals surface area contributed by atoms with Crippen molar-refractivity contribution < 1.29 is 0 Å². The molecule has 1 saturated carbocycles. The van der Waals surface area contributed by atoms with E-state index in [1.807, 2.05) is 0 Å². The van der Waals surface area contributed by atoms with Crippen LogP contribution in [0.2, 0.25) is 5.02 Å². The van der Waals surface area contributed by atoms with Crippen molar-refractivity contribution in [3.05, 3.63) is 32.4 Å². The van der Waals surface area contributed by atoms with Crippen molar-refractivity contribution >= 4 is 34.2 Å². The Balaban J connectivity index is 2.12. The molecule has 1 aliphatic rings. The van der Waals surface area contributed by atoms with Crippen LogP contribution in [0.1, 0.15) is 57.6 Å². The molecule has 1 nitrogen and oxygen atoms in total. The molecule has 0 bridgehead atoms. The minimum Gasteiger partial charge on any atom is -0.310 e. The lowest BCUT2D eigenvalue weighted by molar-refractivity contribution is 0.220. The van der Waals surface area contributed by atoms with Crippen LogP contribution in [0.3, 0.4) is 0 Å². The van der Waals surface area contributed by atoms with Crippen molar-refractivity contribution in [1.29, 1.82) is 0 Å². The molecule has 3 heteroatoms. The third-order valence-corrected chi connectivity index (χ3v) is 6.24. The lowest BCUT2D eigenvalue weighted by Gasteiger charge is -2.34. The second-order valence-electron chi connectivity index (χ2n) is 5.90. The highest BCUT2D eigenvalue weighted by Gasteiger charge is 2.27. The van der Waals surface area contributed by atoms with Gasteiger partial charge in [0, 0.05) is 9.61 Å². The minimum absolute atomic E-state index is 0.465. The molecule has 1 atom stereocenters. The first kappa shape index (κ1) is 16.6. The molecule has 1 aliphatic carbocycles. The van der Waals surface area contributed by atoms with Crippen molar-refractivity contribution in [2.75, 3.05) is 6.54 Å². The molecule has 0 radical (unpaired) electrons. The zero-order chi connectivity index (χ0) is 14.5. The summed E-state index contributed by atoms with van der Waals surface area (Å²) in [6, 6.07) is 7.00. The largest absolute Gasteiger partial charge is 0.310 e. The molecule has 0 amide bonds. The Bertz CT molecular complexity index is 427. The summed E-state index contributed by atoms with van der Waals surface area (Å²) in [4.78, 5) is 0. The van der Waals surface area contributed by atoms with Crippen LogP contribution >= 0.6 is 34.2 Å². The summed E-state index contributed by atoms with van der Waals surface area (Å²) in [7, 11) is 0. The maximum Gasteiger partial charge on any atom is 0.0542 e. The maximum absolute atomic E-state index is 6.31. The Kier molecular flexibility index (Phi) is 6.63. The van der Waals surface area contributed by atoms with E-state index in [1.54, 1.807) is 0 Å². The van der Waals surface area contributed by atoms with Crippen molar-refractivity contribution in [2.45, 2.75) is 52.0 Å². The molecule has 1 N–H and O–H groups in total. The quantitative estimate of drug-likeness (QED) is 0.609. The zero-order valence-electron chi connectivity index (χ0n) is 12.5. The third-order valence-electron chi connectivity index (χ3n) is 4.67. The van der Waals surface area contributed by atoms with E-state index in [0.29, 0.717) is 6.04 Å². The van der Waals surface area contributed by atoms with E-state index in [0.717, 1.165) is 27.0 Å². The van der Waals surface area contributed by atoms with Crippen LogP contribution in [0.15, 0.2) is 18.2 Å². The summed E-state index contributed by atoms with van der Waals surface area (Å²) in [6.07, 6.45) is 6.82. The third kappa shape index (κ3) is 4.11. The van der Waals surface area contributed by atoms with E-state index >= 15 is 0 Å². The average Bonchev–Trinajstić information content (AvgIpc) is 2.48. The van der Waals surface area contributed by atoms with Gasteiger partial charge < -0.3 is 5.32 Å². The molecular weight excluding hydrogens is 381 g/mol. The first-order valence-corrected chi connectivity index (χ1v) is 9.29. The predicted molar refractivity (Wildman–Crippen MR) is 96.3 cm³/mol. The number of nitrogens with one attached hydrogen (secondary N) is 1. The summed E-state index contributed by atoms with van der Waals surface area (Å²) in [5.74, 6) is 1.71. The molecule has 1 fully saturated rings. The molecule has 20 heavy (non-hydrogen) atoms. The summed E-state index contributed by atoms with van der Waals surface area (Å²) in [5, 5.41) is 4.57. The van der Waals surface area contributed by atoms with Gasteiger partial charge in [-0.05, 0) is 71.5 Å². The van der Waals surface area contributed by atoms with Gasteiger partial charge in [-0.25, -0.2) is 0 Å². The van der Waals surface area contributed by atoms with Gasteiger partial charge in [0.05, 0.1) is 5.02 Å². The molecule has 1 aromatic carbocycles. The highest BCUT2D eigenvalue weighted by Crippen LogP contribution is 2.38. The normalized spacial score (nSPS) is 24.6. The van der Waals surface area contributed by atoms with Crippen LogP contribution in [0.25, 0.3) is 0 Å². The molecule has 2 rings (SSSR count).